The number of hydrogen-bond acceptors (Lipinski definition) is 6. The molecule has 1 amide bonds. The molecule has 2 aromatic carbocycles. The number of rotatable bonds is 7. The van der Waals surface area contributed by atoms with Crippen molar-refractivity contribution in [3.8, 4) is 0 Å². The van der Waals surface area contributed by atoms with Crippen LogP contribution in [0.15, 0.2) is 66.5 Å². The third-order valence-electron chi connectivity index (χ3n) is 6.67. The number of para-hydroxylation sites is 2. The summed E-state index contributed by atoms with van der Waals surface area (Å²) in [5.74, 6) is 1.08. The van der Waals surface area contributed by atoms with Gasteiger partial charge in [-0.2, -0.15) is 0 Å². The zero-order chi connectivity index (χ0) is 24.1. The number of piperazine rings is 1. The molecule has 1 saturated heterocycles. The largest absolute Gasteiger partial charge is 0.374 e. The zero-order valence-electron chi connectivity index (χ0n) is 20.1. The van der Waals surface area contributed by atoms with E-state index in [-0.39, 0.29) is 5.91 Å². The van der Waals surface area contributed by atoms with Crippen LogP contribution in [-0.2, 0) is 11.2 Å². The number of amides is 1. The summed E-state index contributed by atoms with van der Waals surface area (Å²) in [4.78, 5) is 16.5. The molecule has 2 aliphatic heterocycles. The van der Waals surface area contributed by atoms with E-state index in [1.54, 1.807) is 0 Å². The highest BCUT2D eigenvalue weighted by molar-refractivity contribution is 5.77. The van der Waals surface area contributed by atoms with Gasteiger partial charge in [0.1, 0.15) is 5.82 Å². The van der Waals surface area contributed by atoms with E-state index in [9.17, 15) is 9.90 Å². The van der Waals surface area contributed by atoms with Crippen molar-refractivity contribution in [1.29, 1.82) is 0 Å². The normalized spacial score (nSPS) is 16.9. The third kappa shape index (κ3) is 5.11. The second-order valence-electron chi connectivity index (χ2n) is 8.81. The van der Waals surface area contributed by atoms with Crippen LogP contribution in [0.1, 0.15) is 29.3 Å². The van der Waals surface area contributed by atoms with E-state index >= 15 is 0 Å². The van der Waals surface area contributed by atoms with Crippen LogP contribution >= 0.6 is 0 Å². The summed E-state index contributed by atoms with van der Waals surface area (Å²) in [5.41, 5.74) is 5.85. The minimum Gasteiger partial charge on any atom is -0.374 e. The number of hydrogen-bond donors (Lipinski definition) is 4. The molecule has 2 aliphatic rings. The van der Waals surface area contributed by atoms with Crippen LogP contribution in [0.2, 0.25) is 0 Å². The molecule has 180 valence electrons. The van der Waals surface area contributed by atoms with Gasteiger partial charge in [-0.3, -0.25) is 4.79 Å². The molecule has 34 heavy (non-hydrogen) atoms. The summed E-state index contributed by atoms with van der Waals surface area (Å²) in [7, 11) is 1.87. The Hall–Kier alpha value is -3.29. The molecule has 7 nitrogen and oxygen atoms in total. The number of nitrogens with one attached hydrogen (secondary N) is 3. The Morgan fingerprint density at radius 2 is 2.00 bits per heavy atom. The van der Waals surface area contributed by atoms with E-state index in [2.05, 4.69) is 22.5 Å². The van der Waals surface area contributed by atoms with Crippen molar-refractivity contribution in [1.82, 2.24) is 15.5 Å². The molecule has 2 aromatic rings. The van der Waals surface area contributed by atoms with Crippen LogP contribution in [0, 0.1) is 6.92 Å². The number of aliphatic hydroxyl groups is 1. The Bertz CT molecular complexity index is 1070. The van der Waals surface area contributed by atoms with Crippen molar-refractivity contribution in [2.24, 2.45) is 0 Å². The number of carbonyl (C=O) groups excluding carboxylic acids is 1. The number of aliphatic hydroxyl groups excluding tert-OH is 1. The van der Waals surface area contributed by atoms with Gasteiger partial charge in [0.2, 0.25) is 5.91 Å². The van der Waals surface area contributed by atoms with Crippen molar-refractivity contribution >= 4 is 17.3 Å². The molecule has 0 aliphatic carbocycles. The lowest BCUT2D eigenvalue weighted by Crippen LogP contribution is -2.46. The highest BCUT2D eigenvalue weighted by atomic mass is 16.3. The first-order valence-corrected chi connectivity index (χ1v) is 11.9. The molecule has 1 fully saturated rings. The molecule has 1 unspecified atom stereocenters. The lowest BCUT2D eigenvalue weighted by Gasteiger charge is -2.31. The SMILES string of the molecule is C=CC1=C(NC)Nc2ccccc2N(C(O)c2ccc(CCC(=O)N3CCNCC3)c(C)c2)C1. The number of carbonyl (C=O) groups is 1. The van der Waals surface area contributed by atoms with Crippen LogP contribution in [-0.4, -0.2) is 55.7 Å². The van der Waals surface area contributed by atoms with Crippen LogP contribution in [0.3, 0.4) is 0 Å². The maximum Gasteiger partial charge on any atom is 0.222 e. The van der Waals surface area contributed by atoms with Gasteiger partial charge in [0, 0.05) is 57.3 Å². The van der Waals surface area contributed by atoms with Gasteiger partial charge >= 0.3 is 0 Å². The van der Waals surface area contributed by atoms with Crippen LogP contribution in [0.4, 0.5) is 11.4 Å². The minimum atomic E-state index is -0.829. The second kappa shape index (κ2) is 10.8. The monoisotopic (exact) mass is 461 g/mol. The van der Waals surface area contributed by atoms with E-state index in [4.69, 9.17) is 0 Å². The van der Waals surface area contributed by atoms with Crippen molar-refractivity contribution in [3.05, 3.63) is 83.2 Å². The predicted molar refractivity (Wildman–Crippen MR) is 138 cm³/mol. The highest BCUT2D eigenvalue weighted by Gasteiger charge is 2.26. The van der Waals surface area contributed by atoms with Crippen LogP contribution in [0.5, 0.6) is 0 Å². The molecule has 2 heterocycles. The fourth-order valence-electron chi connectivity index (χ4n) is 4.65. The summed E-state index contributed by atoms with van der Waals surface area (Å²) in [6, 6.07) is 14.0. The van der Waals surface area contributed by atoms with Crippen molar-refractivity contribution in [2.75, 3.05) is 50.0 Å². The number of nitrogens with zero attached hydrogens (tertiary/aromatic N) is 2. The number of anilines is 2. The molecule has 1 atom stereocenters. The molecule has 4 N–H and O–H groups in total. The molecule has 4 rings (SSSR count). The molecule has 0 radical (unpaired) electrons. The zero-order valence-corrected chi connectivity index (χ0v) is 20.1. The summed E-state index contributed by atoms with van der Waals surface area (Å²) >= 11 is 0. The Kier molecular flexibility index (Phi) is 7.55. The Labute approximate surface area is 202 Å². The minimum absolute atomic E-state index is 0.211. The first-order chi connectivity index (χ1) is 16.5. The molecule has 7 heteroatoms. The number of aryl methyl sites for hydroxylation is 2. The third-order valence-corrected chi connectivity index (χ3v) is 6.67. The van der Waals surface area contributed by atoms with Crippen molar-refractivity contribution in [3.63, 3.8) is 0 Å². The first kappa shape index (κ1) is 23.9. The lowest BCUT2D eigenvalue weighted by atomic mass is 9.99. The molecule has 0 saturated carbocycles. The van der Waals surface area contributed by atoms with Gasteiger partial charge in [-0.1, -0.05) is 43.0 Å². The van der Waals surface area contributed by atoms with E-state index < -0.39 is 6.23 Å². The maximum absolute atomic E-state index is 12.6. The smallest absolute Gasteiger partial charge is 0.222 e. The molecular formula is C27H35N5O2. The fourth-order valence-corrected chi connectivity index (χ4v) is 4.65. The maximum atomic E-state index is 12.6. The van der Waals surface area contributed by atoms with Crippen LogP contribution < -0.4 is 20.9 Å². The molecule has 0 spiro atoms. The van der Waals surface area contributed by atoms with Crippen LogP contribution in [0.25, 0.3) is 0 Å². The summed E-state index contributed by atoms with van der Waals surface area (Å²) in [5, 5.41) is 21.4. The second-order valence-corrected chi connectivity index (χ2v) is 8.81. The summed E-state index contributed by atoms with van der Waals surface area (Å²) < 4.78 is 0. The average Bonchev–Trinajstić information content (AvgIpc) is 3.04. The summed E-state index contributed by atoms with van der Waals surface area (Å²) in [6.45, 7) is 9.82. The van der Waals surface area contributed by atoms with Gasteiger partial charge in [0.15, 0.2) is 6.23 Å². The van der Waals surface area contributed by atoms with Gasteiger partial charge in [0.25, 0.3) is 0 Å². The van der Waals surface area contributed by atoms with E-state index in [1.165, 1.54) is 0 Å². The van der Waals surface area contributed by atoms with Crippen molar-refractivity contribution in [2.45, 2.75) is 26.0 Å². The number of fused-ring (bicyclic) bond motifs is 1. The fraction of sp³-hybridized carbons (Fsp3) is 0.370. The predicted octanol–water partition coefficient (Wildman–Crippen LogP) is 2.90. The standard InChI is InChI=1S/C27H35N5O2/c1-4-20-18-32(24-8-6-5-7-23(24)30-26(20)28-3)27(34)22-10-9-21(19(2)17-22)11-12-25(33)31-15-13-29-14-16-31/h4-10,17,27-30,34H,1,11-16,18H2,2-3H3. The molecule has 0 bridgehead atoms. The summed E-state index contributed by atoms with van der Waals surface area (Å²) in [6.07, 6.45) is 2.20. The lowest BCUT2D eigenvalue weighted by molar-refractivity contribution is -0.131. The average molecular weight is 462 g/mol. The Balaban J connectivity index is 1.52. The van der Waals surface area contributed by atoms with E-state index in [1.807, 2.05) is 72.3 Å². The Morgan fingerprint density at radius 3 is 2.71 bits per heavy atom. The molecular weight excluding hydrogens is 426 g/mol. The topological polar surface area (TPSA) is 79.9 Å². The van der Waals surface area contributed by atoms with Crippen molar-refractivity contribution < 1.29 is 9.90 Å². The quantitative estimate of drug-likeness (QED) is 0.508. The number of benzene rings is 2. The van der Waals surface area contributed by atoms with Gasteiger partial charge in [0.05, 0.1) is 11.4 Å². The van der Waals surface area contributed by atoms with Gasteiger partial charge < -0.3 is 30.9 Å². The highest BCUT2D eigenvalue weighted by Crippen LogP contribution is 2.36. The van der Waals surface area contributed by atoms with Gasteiger partial charge in [-0.25, -0.2) is 0 Å². The van der Waals surface area contributed by atoms with Gasteiger partial charge in [-0.15, -0.1) is 0 Å². The van der Waals surface area contributed by atoms with Gasteiger partial charge in [-0.05, 0) is 36.6 Å². The first-order valence-electron chi connectivity index (χ1n) is 11.9. The molecule has 0 aromatic heterocycles. The van der Waals surface area contributed by atoms with E-state index in [0.29, 0.717) is 19.4 Å². The Morgan fingerprint density at radius 1 is 1.24 bits per heavy atom. The van der Waals surface area contributed by atoms with E-state index in [0.717, 1.165) is 65.6 Å².